The first kappa shape index (κ1) is 15.9. The van der Waals surface area contributed by atoms with Crippen molar-refractivity contribution in [3.63, 3.8) is 0 Å². The fourth-order valence-corrected chi connectivity index (χ4v) is 2.17. The van der Waals surface area contributed by atoms with E-state index in [1.807, 2.05) is 18.2 Å². The first-order valence-corrected chi connectivity index (χ1v) is 7.54. The lowest BCUT2D eigenvalue weighted by molar-refractivity contribution is 0.108. The summed E-state index contributed by atoms with van der Waals surface area (Å²) in [6.45, 7) is 7.61. The van der Waals surface area contributed by atoms with E-state index >= 15 is 0 Å². The SMILES string of the molecule is COc1cccc2cc(CNCCCOCC(C)C)oc12. The molecule has 0 amide bonds. The summed E-state index contributed by atoms with van der Waals surface area (Å²) < 4.78 is 16.7. The third-order valence-electron chi connectivity index (χ3n) is 3.17. The smallest absolute Gasteiger partial charge is 0.176 e. The Morgan fingerprint density at radius 2 is 2.14 bits per heavy atom. The summed E-state index contributed by atoms with van der Waals surface area (Å²) in [6, 6.07) is 7.97. The van der Waals surface area contributed by atoms with E-state index in [0.717, 1.165) is 55.2 Å². The van der Waals surface area contributed by atoms with Crippen LogP contribution in [0.2, 0.25) is 0 Å². The highest BCUT2D eigenvalue weighted by Crippen LogP contribution is 2.28. The highest BCUT2D eigenvalue weighted by atomic mass is 16.5. The van der Waals surface area contributed by atoms with Gasteiger partial charge in [0.2, 0.25) is 0 Å². The lowest BCUT2D eigenvalue weighted by Gasteiger charge is -2.06. The molecule has 0 spiro atoms. The molecule has 0 atom stereocenters. The van der Waals surface area contributed by atoms with Crippen molar-refractivity contribution in [1.29, 1.82) is 0 Å². The summed E-state index contributed by atoms with van der Waals surface area (Å²) >= 11 is 0. The van der Waals surface area contributed by atoms with E-state index < -0.39 is 0 Å². The summed E-state index contributed by atoms with van der Waals surface area (Å²) in [5, 5.41) is 4.45. The van der Waals surface area contributed by atoms with Crippen LogP contribution in [0.15, 0.2) is 28.7 Å². The second kappa shape index (κ2) is 8.05. The van der Waals surface area contributed by atoms with Crippen LogP contribution in [0.5, 0.6) is 5.75 Å². The van der Waals surface area contributed by atoms with E-state index in [-0.39, 0.29) is 0 Å². The maximum atomic E-state index is 5.83. The average Bonchev–Trinajstić information content (AvgIpc) is 2.88. The molecule has 4 nitrogen and oxygen atoms in total. The lowest BCUT2D eigenvalue weighted by atomic mass is 10.2. The van der Waals surface area contributed by atoms with Crippen molar-refractivity contribution in [2.45, 2.75) is 26.8 Å². The van der Waals surface area contributed by atoms with Crippen LogP contribution in [0.4, 0.5) is 0 Å². The molecule has 1 N–H and O–H groups in total. The molecular formula is C17H25NO3. The van der Waals surface area contributed by atoms with Crippen LogP contribution in [0.1, 0.15) is 26.0 Å². The van der Waals surface area contributed by atoms with Gasteiger partial charge >= 0.3 is 0 Å². The number of para-hydroxylation sites is 1. The van der Waals surface area contributed by atoms with E-state index in [4.69, 9.17) is 13.9 Å². The van der Waals surface area contributed by atoms with Crippen molar-refractivity contribution in [2.75, 3.05) is 26.9 Å². The molecule has 0 fully saturated rings. The Kier molecular flexibility index (Phi) is 6.08. The Labute approximate surface area is 126 Å². The van der Waals surface area contributed by atoms with Gasteiger partial charge in [0.05, 0.1) is 13.7 Å². The van der Waals surface area contributed by atoms with Gasteiger partial charge < -0.3 is 19.2 Å². The van der Waals surface area contributed by atoms with Gasteiger partial charge in [0, 0.05) is 18.6 Å². The predicted molar refractivity (Wildman–Crippen MR) is 84.7 cm³/mol. The maximum Gasteiger partial charge on any atom is 0.176 e. The largest absolute Gasteiger partial charge is 0.493 e. The second-order valence-corrected chi connectivity index (χ2v) is 5.59. The normalized spacial score (nSPS) is 11.4. The molecule has 21 heavy (non-hydrogen) atoms. The number of benzene rings is 1. The molecule has 0 bridgehead atoms. The zero-order valence-electron chi connectivity index (χ0n) is 13.1. The summed E-state index contributed by atoms with van der Waals surface area (Å²) in [6.07, 6.45) is 1.01. The van der Waals surface area contributed by atoms with E-state index in [0.29, 0.717) is 5.92 Å². The first-order chi connectivity index (χ1) is 10.2. The van der Waals surface area contributed by atoms with Gasteiger partial charge in [0.15, 0.2) is 11.3 Å². The average molecular weight is 291 g/mol. The van der Waals surface area contributed by atoms with E-state index in [9.17, 15) is 0 Å². The summed E-state index contributed by atoms with van der Waals surface area (Å²) in [4.78, 5) is 0. The van der Waals surface area contributed by atoms with Gasteiger partial charge in [-0.3, -0.25) is 0 Å². The van der Waals surface area contributed by atoms with E-state index in [1.54, 1.807) is 7.11 Å². The zero-order chi connectivity index (χ0) is 15.1. The van der Waals surface area contributed by atoms with Crippen LogP contribution in [0.3, 0.4) is 0 Å². The number of fused-ring (bicyclic) bond motifs is 1. The molecule has 0 aliphatic carbocycles. The molecule has 4 heteroatoms. The Bertz CT molecular complexity index is 548. The molecule has 2 aromatic rings. The predicted octanol–water partition coefficient (Wildman–Crippen LogP) is 3.59. The van der Waals surface area contributed by atoms with Gasteiger partial charge in [0.1, 0.15) is 5.76 Å². The van der Waals surface area contributed by atoms with Crippen LogP contribution in [-0.4, -0.2) is 26.9 Å². The Morgan fingerprint density at radius 1 is 1.29 bits per heavy atom. The molecule has 1 heterocycles. The number of methoxy groups -OCH3 is 1. The van der Waals surface area contributed by atoms with Crippen molar-refractivity contribution in [2.24, 2.45) is 5.92 Å². The van der Waals surface area contributed by atoms with Crippen molar-refractivity contribution in [3.05, 3.63) is 30.0 Å². The molecule has 116 valence electrons. The van der Waals surface area contributed by atoms with Crippen molar-refractivity contribution < 1.29 is 13.9 Å². The number of furan rings is 1. The van der Waals surface area contributed by atoms with Gasteiger partial charge in [-0.05, 0) is 31.0 Å². The molecule has 0 aliphatic heterocycles. The Morgan fingerprint density at radius 3 is 2.90 bits per heavy atom. The van der Waals surface area contributed by atoms with Crippen molar-refractivity contribution in [3.8, 4) is 5.75 Å². The van der Waals surface area contributed by atoms with Gasteiger partial charge in [-0.25, -0.2) is 0 Å². The first-order valence-electron chi connectivity index (χ1n) is 7.54. The Hall–Kier alpha value is -1.52. The van der Waals surface area contributed by atoms with E-state index in [2.05, 4.69) is 25.2 Å². The molecule has 2 rings (SSSR count). The van der Waals surface area contributed by atoms with E-state index in [1.165, 1.54) is 0 Å². The van der Waals surface area contributed by atoms with Gasteiger partial charge in [-0.15, -0.1) is 0 Å². The molecule has 0 saturated carbocycles. The quantitative estimate of drug-likeness (QED) is 0.717. The maximum absolute atomic E-state index is 5.83. The fraction of sp³-hybridized carbons (Fsp3) is 0.529. The van der Waals surface area contributed by atoms with Gasteiger partial charge in [-0.2, -0.15) is 0 Å². The highest BCUT2D eigenvalue weighted by Gasteiger charge is 2.07. The van der Waals surface area contributed by atoms with Gasteiger partial charge in [-0.1, -0.05) is 26.0 Å². The minimum atomic E-state index is 0.600. The van der Waals surface area contributed by atoms with Crippen LogP contribution in [0, 0.1) is 5.92 Å². The summed E-state index contributed by atoms with van der Waals surface area (Å²) in [5.41, 5.74) is 0.817. The Balaban J connectivity index is 1.74. The summed E-state index contributed by atoms with van der Waals surface area (Å²) in [5.74, 6) is 2.31. The van der Waals surface area contributed by atoms with Crippen molar-refractivity contribution in [1.82, 2.24) is 5.32 Å². The molecular weight excluding hydrogens is 266 g/mol. The van der Waals surface area contributed by atoms with Crippen LogP contribution >= 0.6 is 0 Å². The number of hydrogen-bond acceptors (Lipinski definition) is 4. The molecule has 1 aromatic heterocycles. The molecule has 0 saturated heterocycles. The molecule has 0 radical (unpaired) electrons. The minimum absolute atomic E-state index is 0.600. The molecule has 0 unspecified atom stereocenters. The van der Waals surface area contributed by atoms with Gasteiger partial charge in [0.25, 0.3) is 0 Å². The lowest BCUT2D eigenvalue weighted by Crippen LogP contribution is -2.16. The van der Waals surface area contributed by atoms with Crippen LogP contribution in [-0.2, 0) is 11.3 Å². The number of rotatable bonds is 9. The molecule has 1 aromatic carbocycles. The standard InChI is InChI=1S/C17H25NO3/c1-13(2)12-20-9-5-8-18-11-15-10-14-6-4-7-16(19-3)17(14)21-15/h4,6-7,10,13,18H,5,8-9,11-12H2,1-3H3. The third-order valence-corrected chi connectivity index (χ3v) is 3.17. The number of ether oxygens (including phenoxy) is 2. The highest BCUT2D eigenvalue weighted by molar-refractivity contribution is 5.83. The zero-order valence-corrected chi connectivity index (χ0v) is 13.1. The van der Waals surface area contributed by atoms with Crippen LogP contribution in [0.25, 0.3) is 11.0 Å². The fourth-order valence-electron chi connectivity index (χ4n) is 2.17. The minimum Gasteiger partial charge on any atom is -0.493 e. The second-order valence-electron chi connectivity index (χ2n) is 5.59. The topological polar surface area (TPSA) is 43.6 Å². The third kappa shape index (κ3) is 4.76. The molecule has 0 aliphatic rings. The van der Waals surface area contributed by atoms with Crippen molar-refractivity contribution >= 4 is 11.0 Å². The summed E-state index contributed by atoms with van der Waals surface area (Å²) in [7, 11) is 1.66. The van der Waals surface area contributed by atoms with Crippen LogP contribution < -0.4 is 10.1 Å². The number of nitrogens with one attached hydrogen (secondary N) is 1. The monoisotopic (exact) mass is 291 g/mol. The number of hydrogen-bond donors (Lipinski definition) is 1.